The molecular weight excluding hydrogens is 418 g/mol. The molecule has 0 aliphatic heterocycles. The van der Waals surface area contributed by atoms with Crippen molar-refractivity contribution >= 4 is 8.32 Å². The normalized spacial score (nSPS) is 13.3. The van der Waals surface area contributed by atoms with Crippen LogP contribution < -0.4 is 0 Å². The van der Waals surface area contributed by atoms with E-state index in [1.807, 2.05) is 30.3 Å². The van der Waals surface area contributed by atoms with Gasteiger partial charge in [-0.3, -0.25) is 0 Å². The summed E-state index contributed by atoms with van der Waals surface area (Å²) in [5.41, 5.74) is 3.30. The zero-order valence-electron chi connectivity index (χ0n) is 20.8. The van der Waals surface area contributed by atoms with Gasteiger partial charge in [0.1, 0.15) is 11.5 Å². The maximum absolute atomic E-state index is 10.7. The number of benzene rings is 3. The first-order valence-corrected chi connectivity index (χ1v) is 14.2. The van der Waals surface area contributed by atoms with Crippen molar-refractivity contribution in [3.8, 4) is 6.07 Å². The lowest BCUT2D eigenvalue weighted by Crippen LogP contribution is -2.55. The molecule has 0 saturated carbocycles. The van der Waals surface area contributed by atoms with Crippen LogP contribution in [0.25, 0.3) is 0 Å². The predicted octanol–water partition coefficient (Wildman–Crippen LogP) is 8.43. The van der Waals surface area contributed by atoms with Gasteiger partial charge in [-0.15, -0.1) is 0 Å². The van der Waals surface area contributed by atoms with Gasteiger partial charge in [-0.25, -0.2) is 0 Å². The first kappa shape index (κ1) is 25.0. The van der Waals surface area contributed by atoms with Crippen molar-refractivity contribution in [3.63, 3.8) is 0 Å². The smallest absolute Gasteiger partial charge is 0.202 e. The van der Waals surface area contributed by atoms with Gasteiger partial charge in [0, 0.05) is 0 Å². The summed E-state index contributed by atoms with van der Waals surface area (Å²) >= 11 is 0. The second-order valence-electron chi connectivity index (χ2n) is 9.86. The molecule has 3 heteroatoms. The second kappa shape index (κ2) is 10.5. The van der Waals surface area contributed by atoms with Crippen LogP contribution in [0.3, 0.4) is 0 Å². The van der Waals surface area contributed by atoms with Gasteiger partial charge in [0.25, 0.3) is 0 Å². The standard InChI is InChI=1S/C30H37NOSi/c1-23(2)33(24(3)4,25(5)6)32-30(27-18-12-8-13-19-27,28-20-14-9-15-21-28)29(22-31)26-16-10-7-11-17-26/h7-21,23-25,29H,1-6H3. The number of nitriles is 1. The molecule has 0 spiro atoms. The lowest BCUT2D eigenvalue weighted by Gasteiger charge is -2.51. The molecule has 0 N–H and O–H groups in total. The van der Waals surface area contributed by atoms with E-state index in [1.165, 1.54) is 0 Å². The highest BCUT2D eigenvalue weighted by atomic mass is 28.4. The van der Waals surface area contributed by atoms with Crippen molar-refractivity contribution in [1.29, 1.82) is 5.26 Å². The molecular formula is C30H37NOSi. The lowest BCUT2D eigenvalue weighted by atomic mass is 9.73. The van der Waals surface area contributed by atoms with Gasteiger partial charge in [-0.1, -0.05) is 133 Å². The van der Waals surface area contributed by atoms with E-state index in [-0.39, 0.29) is 0 Å². The maximum Gasteiger partial charge on any atom is 0.202 e. The molecule has 33 heavy (non-hydrogen) atoms. The zero-order chi connectivity index (χ0) is 24.1. The number of nitrogens with zero attached hydrogens (tertiary/aromatic N) is 1. The summed E-state index contributed by atoms with van der Waals surface area (Å²) in [6.07, 6.45) is 0. The van der Waals surface area contributed by atoms with Crippen molar-refractivity contribution < 1.29 is 4.43 Å². The molecule has 1 unspecified atom stereocenters. The maximum atomic E-state index is 10.7. The van der Waals surface area contributed by atoms with Crippen molar-refractivity contribution in [3.05, 3.63) is 108 Å². The molecule has 3 aromatic carbocycles. The van der Waals surface area contributed by atoms with E-state index < -0.39 is 19.8 Å². The Morgan fingerprint density at radius 2 is 1.00 bits per heavy atom. The van der Waals surface area contributed by atoms with E-state index in [0.29, 0.717) is 16.6 Å². The Morgan fingerprint density at radius 1 is 0.636 bits per heavy atom. The topological polar surface area (TPSA) is 33.0 Å². The summed E-state index contributed by atoms with van der Waals surface area (Å²) in [7, 11) is -2.39. The van der Waals surface area contributed by atoms with Crippen molar-refractivity contribution in [2.24, 2.45) is 0 Å². The molecule has 3 aromatic rings. The van der Waals surface area contributed by atoms with Crippen LogP contribution in [0, 0.1) is 11.3 Å². The molecule has 2 nitrogen and oxygen atoms in total. The van der Waals surface area contributed by atoms with Crippen LogP contribution >= 0.6 is 0 Å². The Bertz CT molecular complexity index is 978. The summed E-state index contributed by atoms with van der Waals surface area (Å²) in [4.78, 5) is 0. The largest absolute Gasteiger partial charge is 0.401 e. The van der Waals surface area contributed by atoms with E-state index >= 15 is 0 Å². The molecule has 0 saturated heterocycles. The van der Waals surface area contributed by atoms with Gasteiger partial charge in [0.15, 0.2) is 0 Å². The molecule has 172 valence electrons. The third kappa shape index (κ3) is 4.56. The van der Waals surface area contributed by atoms with Gasteiger partial charge in [0.05, 0.1) is 6.07 Å². The molecule has 0 aromatic heterocycles. The number of hydrogen-bond acceptors (Lipinski definition) is 2. The van der Waals surface area contributed by atoms with Gasteiger partial charge < -0.3 is 4.43 Å². The Kier molecular flexibility index (Phi) is 7.95. The predicted molar refractivity (Wildman–Crippen MR) is 141 cm³/mol. The summed E-state index contributed by atoms with van der Waals surface area (Å²) in [6, 6.07) is 33.6. The molecule has 0 aliphatic carbocycles. The Labute approximate surface area is 201 Å². The molecule has 1 atom stereocenters. The summed E-state index contributed by atoms with van der Waals surface area (Å²) in [6.45, 7) is 13.8. The van der Waals surface area contributed by atoms with Crippen molar-refractivity contribution in [2.75, 3.05) is 0 Å². The van der Waals surface area contributed by atoms with Crippen LogP contribution in [-0.4, -0.2) is 8.32 Å². The first-order valence-electron chi connectivity index (χ1n) is 12.1. The van der Waals surface area contributed by atoms with E-state index in [2.05, 4.69) is 108 Å². The van der Waals surface area contributed by atoms with Crippen LogP contribution in [0.5, 0.6) is 0 Å². The highest BCUT2D eigenvalue weighted by Crippen LogP contribution is 2.53. The van der Waals surface area contributed by atoms with Gasteiger partial charge >= 0.3 is 0 Å². The second-order valence-corrected chi connectivity index (χ2v) is 15.2. The van der Waals surface area contributed by atoms with Crippen molar-refractivity contribution in [2.45, 2.75) is 69.7 Å². The molecule has 0 amide bonds. The van der Waals surface area contributed by atoms with Gasteiger partial charge in [-0.05, 0) is 33.3 Å². The molecule has 0 aliphatic rings. The quantitative estimate of drug-likeness (QED) is 0.303. The zero-order valence-corrected chi connectivity index (χ0v) is 21.8. The number of hydrogen-bond donors (Lipinski definition) is 0. The minimum Gasteiger partial charge on any atom is -0.401 e. The SMILES string of the molecule is CC(C)[Si](OC(c1ccccc1)(c1ccccc1)C(C#N)c1ccccc1)(C(C)C)C(C)C. The van der Waals surface area contributed by atoms with Crippen LogP contribution in [0.15, 0.2) is 91.0 Å². The third-order valence-electron chi connectivity index (χ3n) is 7.12. The Morgan fingerprint density at radius 3 is 1.33 bits per heavy atom. The fourth-order valence-electron chi connectivity index (χ4n) is 5.73. The lowest BCUT2D eigenvalue weighted by molar-refractivity contribution is 0.0736. The minimum atomic E-state index is -2.39. The van der Waals surface area contributed by atoms with Crippen LogP contribution in [0.1, 0.15) is 64.2 Å². The van der Waals surface area contributed by atoms with Crippen molar-refractivity contribution in [1.82, 2.24) is 0 Å². The minimum absolute atomic E-state index is 0.388. The van der Waals surface area contributed by atoms with Crippen LogP contribution in [-0.2, 0) is 10.0 Å². The molecule has 0 heterocycles. The van der Waals surface area contributed by atoms with Gasteiger partial charge in [0.2, 0.25) is 8.32 Å². The molecule has 0 radical (unpaired) electrons. The summed E-state index contributed by atoms with van der Waals surface area (Å²) < 4.78 is 7.71. The highest BCUT2D eigenvalue weighted by Gasteiger charge is 2.55. The Balaban J connectivity index is 2.44. The van der Waals surface area contributed by atoms with Gasteiger partial charge in [-0.2, -0.15) is 5.26 Å². The average molecular weight is 456 g/mol. The highest BCUT2D eigenvalue weighted by molar-refractivity contribution is 6.77. The van der Waals surface area contributed by atoms with E-state index in [1.54, 1.807) is 0 Å². The molecule has 3 rings (SSSR count). The fourth-order valence-corrected chi connectivity index (χ4v) is 11.3. The first-order chi connectivity index (χ1) is 15.8. The average Bonchev–Trinajstić information content (AvgIpc) is 2.83. The van der Waals surface area contributed by atoms with Crippen LogP contribution in [0.2, 0.25) is 16.6 Å². The monoisotopic (exact) mass is 455 g/mol. The van der Waals surface area contributed by atoms with E-state index in [9.17, 15) is 5.26 Å². The van der Waals surface area contributed by atoms with Crippen LogP contribution in [0.4, 0.5) is 0 Å². The third-order valence-corrected chi connectivity index (χ3v) is 13.2. The van der Waals surface area contributed by atoms with E-state index in [0.717, 1.165) is 16.7 Å². The number of rotatable bonds is 9. The summed E-state index contributed by atoms with van der Waals surface area (Å²) in [5.74, 6) is -0.494. The fraction of sp³-hybridized carbons (Fsp3) is 0.367. The Hall–Kier alpha value is -2.67. The molecule has 0 fully saturated rings. The van der Waals surface area contributed by atoms with E-state index in [4.69, 9.17) is 4.43 Å². The molecule has 0 bridgehead atoms. The summed E-state index contributed by atoms with van der Waals surface area (Å²) in [5, 5.41) is 10.7.